The molecule has 8 nitrogen and oxygen atoms in total. The molecule has 0 aromatic heterocycles. The number of benzene rings is 2. The predicted octanol–water partition coefficient (Wildman–Crippen LogP) is 1.36. The van der Waals surface area contributed by atoms with Gasteiger partial charge in [-0.15, -0.1) is 0 Å². The molecule has 1 N–H and O–H groups in total. The highest BCUT2D eigenvalue weighted by Gasteiger charge is 2.19. The van der Waals surface area contributed by atoms with E-state index in [4.69, 9.17) is 14.2 Å². The van der Waals surface area contributed by atoms with Crippen LogP contribution in [0.1, 0.15) is 20.7 Å². The number of hydrogen-bond donors (Lipinski definition) is 1. The Morgan fingerprint density at radius 1 is 1.08 bits per heavy atom. The largest absolute Gasteiger partial charge is 0.454 e. The van der Waals surface area contributed by atoms with Crippen molar-refractivity contribution < 1.29 is 32.2 Å². The molecule has 0 atom stereocenters. The molecule has 2 aromatic rings. The van der Waals surface area contributed by atoms with Crippen LogP contribution in [0.15, 0.2) is 47.4 Å². The molecule has 1 aliphatic rings. The minimum atomic E-state index is -3.68. The molecule has 0 spiro atoms. The molecule has 9 heteroatoms. The first-order valence-corrected chi connectivity index (χ1v) is 9.02. The molecule has 0 saturated carbocycles. The summed E-state index contributed by atoms with van der Waals surface area (Å²) in [6, 6.07) is 10.0. The van der Waals surface area contributed by atoms with Crippen LogP contribution in [0.5, 0.6) is 11.5 Å². The van der Waals surface area contributed by atoms with Crippen LogP contribution in [0.3, 0.4) is 0 Å². The quantitative estimate of drug-likeness (QED) is 0.598. The van der Waals surface area contributed by atoms with Gasteiger partial charge in [-0.2, -0.15) is 0 Å². The van der Waals surface area contributed by atoms with E-state index in [0.717, 1.165) is 0 Å². The van der Waals surface area contributed by atoms with Gasteiger partial charge in [-0.05, 0) is 43.4 Å². The fourth-order valence-corrected chi connectivity index (χ4v) is 3.05. The molecule has 0 bridgehead atoms. The summed E-state index contributed by atoms with van der Waals surface area (Å²) < 4.78 is 41.1. The van der Waals surface area contributed by atoms with Gasteiger partial charge in [-0.1, -0.05) is 6.07 Å². The summed E-state index contributed by atoms with van der Waals surface area (Å²) in [5.41, 5.74) is 0.341. The number of nitrogens with one attached hydrogen (secondary N) is 1. The molecular weight excluding hydrogens is 362 g/mol. The number of carbonyl (C=O) groups excluding carboxylic acids is 2. The zero-order valence-corrected chi connectivity index (χ0v) is 14.5. The first-order chi connectivity index (χ1) is 12.4. The van der Waals surface area contributed by atoms with Crippen molar-refractivity contribution in [2.45, 2.75) is 4.90 Å². The molecule has 136 valence electrons. The lowest BCUT2D eigenvalue weighted by Crippen LogP contribution is -2.19. The lowest BCUT2D eigenvalue weighted by atomic mass is 10.1. The fraction of sp³-hybridized carbons (Fsp3) is 0.176. The Morgan fingerprint density at radius 3 is 2.62 bits per heavy atom. The first kappa shape index (κ1) is 17.9. The minimum absolute atomic E-state index is 0.0276. The van der Waals surface area contributed by atoms with Crippen LogP contribution in [0.4, 0.5) is 0 Å². The molecule has 0 aliphatic carbocycles. The third-order valence-electron chi connectivity index (χ3n) is 3.68. The van der Waals surface area contributed by atoms with Crippen LogP contribution in [0.2, 0.25) is 0 Å². The van der Waals surface area contributed by atoms with Crippen molar-refractivity contribution in [3.8, 4) is 11.5 Å². The Hall–Kier alpha value is -2.91. The van der Waals surface area contributed by atoms with Crippen LogP contribution in [-0.2, 0) is 14.8 Å². The van der Waals surface area contributed by atoms with Gasteiger partial charge in [0.05, 0.1) is 10.5 Å². The Kier molecular flexibility index (Phi) is 4.92. The molecule has 0 amide bonds. The Bertz CT molecular complexity index is 969. The minimum Gasteiger partial charge on any atom is -0.454 e. The highest BCUT2D eigenvalue weighted by molar-refractivity contribution is 7.89. The highest BCUT2D eigenvalue weighted by Crippen LogP contribution is 2.32. The SMILES string of the molecule is CNS(=O)(=O)c1cccc(C(=O)OCC(=O)c2ccc3c(c2)OCO3)c1. The monoisotopic (exact) mass is 377 g/mol. The smallest absolute Gasteiger partial charge is 0.338 e. The summed E-state index contributed by atoms with van der Waals surface area (Å²) in [5, 5.41) is 0. The fourth-order valence-electron chi connectivity index (χ4n) is 2.28. The number of ketones is 1. The Balaban J connectivity index is 1.67. The van der Waals surface area contributed by atoms with E-state index in [0.29, 0.717) is 17.1 Å². The molecule has 26 heavy (non-hydrogen) atoms. The number of sulfonamides is 1. The summed E-state index contributed by atoms with van der Waals surface area (Å²) in [5.74, 6) is -0.226. The van der Waals surface area contributed by atoms with Gasteiger partial charge < -0.3 is 14.2 Å². The number of ether oxygens (including phenoxy) is 3. The number of esters is 1. The number of hydrogen-bond acceptors (Lipinski definition) is 7. The van der Waals surface area contributed by atoms with Gasteiger partial charge in [0.15, 0.2) is 23.9 Å². The molecule has 0 saturated heterocycles. The van der Waals surface area contributed by atoms with Crippen molar-refractivity contribution in [2.75, 3.05) is 20.4 Å². The average molecular weight is 377 g/mol. The van der Waals surface area contributed by atoms with Crippen LogP contribution in [0.25, 0.3) is 0 Å². The Morgan fingerprint density at radius 2 is 1.85 bits per heavy atom. The molecule has 0 unspecified atom stereocenters. The molecular formula is C17H15NO7S. The normalized spacial score (nSPS) is 12.7. The molecule has 3 rings (SSSR count). The summed E-state index contributed by atoms with van der Waals surface area (Å²) in [6.45, 7) is -0.394. The van der Waals surface area contributed by atoms with E-state index in [1.54, 1.807) is 12.1 Å². The van der Waals surface area contributed by atoms with Crippen molar-refractivity contribution in [3.63, 3.8) is 0 Å². The zero-order chi connectivity index (χ0) is 18.7. The molecule has 0 radical (unpaired) electrons. The lowest BCUT2D eigenvalue weighted by molar-refractivity contribution is 0.0474. The lowest BCUT2D eigenvalue weighted by Gasteiger charge is -2.07. The topological polar surface area (TPSA) is 108 Å². The van der Waals surface area contributed by atoms with Gasteiger partial charge in [-0.3, -0.25) is 4.79 Å². The molecule has 2 aromatic carbocycles. The van der Waals surface area contributed by atoms with Crippen LogP contribution >= 0.6 is 0 Å². The summed E-state index contributed by atoms with van der Waals surface area (Å²) in [6.07, 6.45) is 0. The summed E-state index contributed by atoms with van der Waals surface area (Å²) >= 11 is 0. The van der Waals surface area contributed by atoms with Crippen molar-refractivity contribution in [1.29, 1.82) is 0 Å². The van der Waals surface area contributed by atoms with Crippen LogP contribution in [-0.4, -0.2) is 40.6 Å². The van der Waals surface area contributed by atoms with Gasteiger partial charge in [-0.25, -0.2) is 17.9 Å². The highest BCUT2D eigenvalue weighted by atomic mass is 32.2. The van der Waals surface area contributed by atoms with Gasteiger partial charge in [0, 0.05) is 5.56 Å². The number of Topliss-reactive ketones (excluding diaryl/α,β-unsaturated/α-hetero) is 1. The van der Waals surface area contributed by atoms with Gasteiger partial charge in [0.1, 0.15) is 0 Å². The van der Waals surface area contributed by atoms with Crippen LogP contribution < -0.4 is 14.2 Å². The average Bonchev–Trinajstić information content (AvgIpc) is 3.13. The second-order valence-corrected chi connectivity index (χ2v) is 7.19. The molecule has 1 aliphatic heterocycles. The van der Waals surface area contributed by atoms with Gasteiger partial charge in [0.25, 0.3) is 0 Å². The maximum Gasteiger partial charge on any atom is 0.338 e. The predicted molar refractivity (Wildman–Crippen MR) is 89.9 cm³/mol. The van der Waals surface area contributed by atoms with E-state index in [9.17, 15) is 18.0 Å². The Labute approximate surface area is 149 Å². The van der Waals surface area contributed by atoms with E-state index >= 15 is 0 Å². The third-order valence-corrected chi connectivity index (χ3v) is 5.09. The van der Waals surface area contributed by atoms with Crippen molar-refractivity contribution >= 4 is 21.8 Å². The van der Waals surface area contributed by atoms with Gasteiger partial charge in [0.2, 0.25) is 16.8 Å². The van der Waals surface area contributed by atoms with Crippen LogP contribution in [0, 0.1) is 0 Å². The molecule has 0 fully saturated rings. The van der Waals surface area contributed by atoms with E-state index < -0.39 is 28.4 Å². The third kappa shape index (κ3) is 3.68. The van der Waals surface area contributed by atoms with E-state index in [1.165, 1.54) is 37.4 Å². The number of rotatable bonds is 6. The number of carbonyl (C=O) groups is 2. The second kappa shape index (κ2) is 7.14. The van der Waals surface area contributed by atoms with E-state index in [-0.39, 0.29) is 17.3 Å². The second-order valence-electron chi connectivity index (χ2n) is 5.30. The van der Waals surface area contributed by atoms with E-state index in [1.807, 2.05) is 0 Å². The first-order valence-electron chi connectivity index (χ1n) is 7.54. The standard InChI is InChI=1S/C17H15NO7S/c1-18-26(21,22)13-4-2-3-12(7-13)17(20)23-9-14(19)11-5-6-15-16(8-11)25-10-24-15/h2-8,18H,9-10H2,1H3. The van der Waals surface area contributed by atoms with Crippen molar-refractivity contribution in [3.05, 3.63) is 53.6 Å². The van der Waals surface area contributed by atoms with Gasteiger partial charge >= 0.3 is 5.97 Å². The number of fused-ring (bicyclic) bond motifs is 1. The van der Waals surface area contributed by atoms with Crippen molar-refractivity contribution in [1.82, 2.24) is 4.72 Å². The summed E-state index contributed by atoms with van der Waals surface area (Å²) in [4.78, 5) is 24.2. The molecule has 1 heterocycles. The van der Waals surface area contributed by atoms with E-state index in [2.05, 4.69) is 4.72 Å². The maximum absolute atomic E-state index is 12.2. The maximum atomic E-state index is 12.2. The zero-order valence-electron chi connectivity index (χ0n) is 13.7. The summed E-state index contributed by atoms with van der Waals surface area (Å²) in [7, 11) is -2.42. The van der Waals surface area contributed by atoms with Crippen molar-refractivity contribution in [2.24, 2.45) is 0 Å².